The van der Waals surface area contributed by atoms with Crippen molar-refractivity contribution in [1.82, 2.24) is 0 Å². The highest BCUT2D eigenvalue weighted by Crippen LogP contribution is 2.35. The number of carbonyl (C=O) groups is 1. The first-order valence-electron chi connectivity index (χ1n) is 11.5. The maximum atomic E-state index is 13.7. The van der Waals surface area contributed by atoms with E-state index in [1.807, 2.05) is 30.3 Å². The van der Waals surface area contributed by atoms with Crippen LogP contribution in [0.25, 0.3) is 0 Å². The molecule has 0 aliphatic rings. The molecule has 4 rings (SSSR count). The number of benzene rings is 4. The number of rotatable bonds is 10. The van der Waals surface area contributed by atoms with Gasteiger partial charge in [-0.2, -0.15) is 3.71 Å². The van der Waals surface area contributed by atoms with Gasteiger partial charge in [-0.3, -0.25) is 0 Å². The van der Waals surface area contributed by atoms with Crippen LogP contribution in [0.15, 0.2) is 119 Å². The molecule has 4 aromatic rings. The highest BCUT2D eigenvalue weighted by Gasteiger charge is 2.35. The molecule has 0 saturated carbocycles. The van der Waals surface area contributed by atoms with Gasteiger partial charge in [0.15, 0.2) is 0 Å². The number of sulfonamides is 2. The van der Waals surface area contributed by atoms with E-state index in [1.165, 1.54) is 37.1 Å². The number of nitrogens with zero attached hydrogens (tertiary/aromatic N) is 1. The Morgan fingerprint density at radius 2 is 1.18 bits per heavy atom. The number of carbonyl (C=O) groups excluding carboxylic acids is 1. The van der Waals surface area contributed by atoms with Crippen molar-refractivity contribution in [2.75, 3.05) is 10.8 Å². The fourth-order valence-corrected chi connectivity index (χ4v) is 8.75. The second-order valence-electron chi connectivity index (χ2n) is 8.27. The van der Waals surface area contributed by atoms with Crippen molar-refractivity contribution in [2.24, 2.45) is 0 Å². The molecule has 0 heterocycles. The van der Waals surface area contributed by atoms with Gasteiger partial charge in [-0.1, -0.05) is 90.6 Å². The molecule has 0 radical (unpaired) electrons. The summed E-state index contributed by atoms with van der Waals surface area (Å²) >= 11 is 1.28. The van der Waals surface area contributed by atoms with E-state index in [-0.39, 0.29) is 11.3 Å². The fraction of sp³-hybridized carbons (Fsp3) is 0.107. The van der Waals surface area contributed by atoms with Crippen LogP contribution in [0, 0.1) is 0 Å². The summed E-state index contributed by atoms with van der Waals surface area (Å²) in [5.41, 5.74) is 0.733. The molecule has 10 heteroatoms. The smallest absolute Gasteiger partial charge is 0.339 e. The lowest BCUT2D eigenvalue weighted by Gasteiger charge is -2.25. The molecule has 7 nitrogen and oxygen atoms in total. The quantitative estimate of drug-likeness (QED) is 0.234. The van der Waals surface area contributed by atoms with Gasteiger partial charge in [-0.05, 0) is 41.5 Å². The Labute approximate surface area is 227 Å². The Balaban J connectivity index is 1.83. The molecule has 0 spiro atoms. The van der Waals surface area contributed by atoms with E-state index < -0.39 is 37.5 Å². The zero-order valence-corrected chi connectivity index (χ0v) is 22.9. The highest BCUT2D eigenvalue weighted by molar-refractivity contribution is 8.09. The number of hydrogen-bond donors (Lipinski definition) is 0. The molecule has 0 atom stereocenters. The molecular formula is C28H25NO6S3. The highest BCUT2D eigenvalue weighted by atomic mass is 32.3. The molecule has 0 aliphatic carbocycles. The normalized spacial score (nSPS) is 11.6. The van der Waals surface area contributed by atoms with Gasteiger partial charge in [0.05, 0.1) is 29.9 Å². The van der Waals surface area contributed by atoms with Crippen LogP contribution in [0.4, 0.5) is 5.69 Å². The largest absolute Gasteiger partial charge is 0.465 e. The average Bonchev–Trinajstić information content (AvgIpc) is 2.90. The van der Waals surface area contributed by atoms with Gasteiger partial charge in [-0.25, -0.2) is 21.6 Å². The summed E-state index contributed by atoms with van der Waals surface area (Å²) in [5, 5.41) is 0. The average molecular weight is 568 g/mol. The molecule has 4 aromatic carbocycles. The van der Waals surface area contributed by atoms with E-state index in [0.717, 1.165) is 4.90 Å². The van der Waals surface area contributed by atoms with Gasteiger partial charge < -0.3 is 4.74 Å². The summed E-state index contributed by atoms with van der Waals surface area (Å²) in [7, 11) is -7.67. The summed E-state index contributed by atoms with van der Waals surface area (Å²) in [6.07, 6.45) is 0. The molecule has 0 amide bonds. The molecule has 0 unspecified atom stereocenters. The summed E-state index contributed by atoms with van der Waals surface area (Å²) in [4.78, 5) is 14.1. The molecule has 0 N–H and O–H groups in total. The van der Waals surface area contributed by atoms with Gasteiger partial charge in [0.1, 0.15) is 0 Å². The van der Waals surface area contributed by atoms with Crippen LogP contribution in [0.5, 0.6) is 0 Å². The third-order valence-electron chi connectivity index (χ3n) is 5.44. The van der Waals surface area contributed by atoms with Crippen LogP contribution in [-0.4, -0.2) is 29.9 Å². The zero-order valence-electron chi connectivity index (χ0n) is 20.4. The van der Waals surface area contributed by atoms with Crippen molar-refractivity contribution >= 4 is 43.5 Å². The monoisotopic (exact) mass is 567 g/mol. The molecule has 0 bridgehead atoms. The number of anilines is 1. The number of hydrogen-bond acceptors (Lipinski definition) is 7. The third-order valence-corrected chi connectivity index (χ3v) is 10.7. The number of methoxy groups -OCH3 is 1. The number of esters is 1. The Morgan fingerprint density at radius 3 is 1.66 bits per heavy atom. The first-order chi connectivity index (χ1) is 18.2. The predicted octanol–water partition coefficient (Wildman–Crippen LogP) is 5.49. The van der Waals surface area contributed by atoms with Crippen molar-refractivity contribution in [2.45, 2.75) is 21.3 Å². The molecule has 0 fully saturated rings. The fourth-order valence-electron chi connectivity index (χ4n) is 3.79. The zero-order chi connectivity index (χ0) is 27.2. The molecule has 196 valence electrons. The van der Waals surface area contributed by atoms with Gasteiger partial charge >= 0.3 is 5.97 Å². The van der Waals surface area contributed by atoms with Crippen LogP contribution >= 0.6 is 11.8 Å². The number of ether oxygens (including phenoxy) is 1. The van der Waals surface area contributed by atoms with Crippen LogP contribution in [0.1, 0.15) is 21.5 Å². The second-order valence-corrected chi connectivity index (χ2v) is 13.2. The van der Waals surface area contributed by atoms with E-state index in [2.05, 4.69) is 0 Å². The minimum atomic E-state index is -4.44. The molecular weight excluding hydrogens is 543 g/mol. The Kier molecular flexibility index (Phi) is 8.55. The van der Waals surface area contributed by atoms with E-state index in [1.54, 1.807) is 60.7 Å². The van der Waals surface area contributed by atoms with E-state index >= 15 is 0 Å². The SMILES string of the molecule is COC(=O)c1cc(N(S(=O)(=O)Cc2ccccc2)S(=O)(=O)Cc2ccccc2)ccc1Sc1ccccc1. The molecule has 0 aromatic heterocycles. The van der Waals surface area contributed by atoms with Crippen LogP contribution in [0.2, 0.25) is 0 Å². The van der Waals surface area contributed by atoms with Gasteiger partial charge in [-0.15, -0.1) is 0 Å². The van der Waals surface area contributed by atoms with E-state index in [0.29, 0.717) is 19.7 Å². The van der Waals surface area contributed by atoms with Crippen molar-refractivity contribution in [3.63, 3.8) is 0 Å². The summed E-state index contributed by atoms with van der Waals surface area (Å²) in [5.74, 6) is -1.81. The Bertz CT molecular complexity index is 1540. The standard InChI is InChI=1S/C28H25NO6S3/c1-35-28(30)26-19-24(17-18-27(26)36-25-15-9-4-10-16-25)29(37(31,32)20-22-11-5-2-6-12-22)38(33,34)21-23-13-7-3-8-14-23/h2-19H,20-21H2,1H3. The maximum absolute atomic E-state index is 13.7. The van der Waals surface area contributed by atoms with Crippen molar-refractivity contribution in [3.05, 3.63) is 126 Å². The van der Waals surface area contributed by atoms with Crippen LogP contribution in [0.3, 0.4) is 0 Å². The Hall–Kier alpha value is -3.60. The lowest BCUT2D eigenvalue weighted by atomic mass is 10.2. The second kappa shape index (κ2) is 11.8. The minimum absolute atomic E-state index is 0.0497. The van der Waals surface area contributed by atoms with Gasteiger partial charge in [0, 0.05) is 9.79 Å². The summed E-state index contributed by atoms with van der Waals surface area (Å²) < 4.78 is 60.1. The van der Waals surface area contributed by atoms with Crippen LogP contribution < -0.4 is 3.71 Å². The maximum Gasteiger partial charge on any atom is 0.339 e. The summed E-state index contributed by atoms with van der Waals surface area (Å²) in [6.45, 7) is 0. The minimum Gasteiger partial charge on any atom is -0.465 e. The van der Waals surface area contributed by atoms with E-state index in [4.69, 9.17) is 4.74 Å². The first-order valence-corrected chi connectivity index (χ1v) is 15.5. The lowest BCUT2D eigenvalue weighted by Crippen LogP contribution is -2.38. The van der Waals surface area contributed by atoms with Crippen molar-refractivity contribution < 1.29 is 26.4 Å². The van der Waals surface area contributed by atoms with Gasteiger partial charge in [0.25, 0.3) is 20.0 Å². The first kappa shape index (κ1) is 27.4. The van der Waals surface area contributed by atoms with E-state index in [9.17, 15) is 21.6 Å². The Morgan fingerprint density at radius 1 is 0.711 bits per heavy atom. The third kappa shape index (κ3) is 6.63. The van der Waals surface area contributed by atoms with Gasteiger partial charge in [0.2, 0.25) is 0 Å². The predicted molar refractivity (Wildman–Crippen MR) is 149 cm³/mol. The lowest BCUT2D eigenvalue weighted by molar-refractivity contribution is 0.0596. The van der Waals surface area contributed by atoms with Crippen molar-refractivity contribution in [3.8, 4) is 0 Å². The summed E-state index contributed by atoms with van der Waals surface area (Å²) in [6, 6.07) is 30.1. The molecule has 0 aliphatic heterocycles. The van der Waals surface area contributed by atoms with Crippen molar-refractivity contribution in [1.29, 1.82) is 0 Å². The van der Waals surface area contributed by atoms with Crippen LogP contribution in [-0.2, 0) is 36.3 Å². The molecule has 0 saturated heterocycles. The molecule has 38 heavy (non-hydrogen) atoms. The topological polar surface area (TPSA) is 97.8 Å².